The second kappa shape index (κ2) is 8.01. The molecule has 0 aliphatic carbocycles. The van der Waals surface area contributed by atoms with Gasteiger partial charge in [0.25, 0.3) is 5.91 Å². The second-order valence-corrected chi connectivity index (χ2v) is 10.3. The van der Waals surface area contributed by atoms with E-state index in [1.54, 1.807) is 16.8 Å². The Hall–Kier alpha value is -3.49. The topological polar surface area (TPSA) is 90.4 Å². The summed E-state index contributed by atoms with van der Waals surface area (Å²) >= 11 is 0. The first-order chi connectivity index (χ1) is 17.3. The number of aliphatic hydroxyl groups is 1. The molecule has 1 spiro atoms. The average molecular weight is 488 g/mol. The van der Waals surface area contributed by atoms with E-state index in [0.717, 1.165) is 16.5 Å². The molecule has 2 aromatic carbocycles. The molecule has 6 rings (SSSR count). The standard InChI is InChI=1S/C28H29N3O5/c1-27-11-5-13-29(2)24(33)21(27)22-25(34)31(15-16-32)23-26(35)30(14-6-12-28(22,23)36-27)20-10-9-18-7-3-4-8-19(18)17-20/h3-12,17,21-23,32H,13-16H2,1-2H3/t21-,22+,23?,27+,28+/m1/s1. The monoisotopic (exact) mass is 487 g/mol. The van der Waals surface area contributed by atoms with Gasteiger partial charge in [0.1, 0.15) is 11.6 Å². The third-order valence-corrected chi connectivity index (χ3v) is 8.14. The molecule has 4 heterocycles. The fraction of sp³-hybridized carbons (Fsp3) is 0.393. The molecule has 186 valence electrons. The number of hydrogen-bond acceptors (Lipinski definition) is 5. The van der Waals surface area contributed by atoms with Gasteiger partial charge in [0.15, 0.2) is 0 Å². The Kier molecular flexibility index (Phi) is 5.10. The first-order valence-corrected chi connectivity index (χ1v) is 12.3. The van der Waals surface area contributed by atoms with E-state index < -0.39 is 29.1 Å². The van der Waals surface area contributed by atoms with Gasteiger partial charge in [-0.2, -0.15) is 0 Å². The van der Waals surface area contributed by atoms with E-state index in [1.165, 1.54) is 4.90 Å². The van der Waals surface area contributed by atoms with Gasteiger partial charge in [-0.1, -0.05) is 54.6 Å². The summed E-state index contributed by atoms with van der Waals surface area (Å²) in [5.74, 6) is -2.44. The van der Waals surface area contributed by atoms with Gasteiger partial charge in [0.2, 0.25) is 11.8 Å². The number of fused-ring (bicyclic) bond motifs is 3. The highest BCUT2D eigenvalue weighted by Crippen LogP contribution is 2.57. The van der Waals surface area contributed by atoms with Gasteiger partial charge < -0.3 is 24.5 Å². The Balaban J connectivity index is 1.48. The first-order valence-electron chi connectivity index (χ1n) is 12.3. The number of ether oxygens (including phenoxy) is 1. The van der Waals surface area contributed by atoms with Crippen LogP contribution in [0.2, 0.25) is 0 Å². The van der Waals surface area contributed by atoms with Crippen LogP contribution in [0.5, 0.6) is 0 Å². The normalized spacial score (nSPS) is 33.6. The number of aliphatic hydroxyl groups excluding tert-OH is 1. The summed E-state index contributed by atoms with van der Waals surface area (Å²) in [5.41, 5.74) is -1.63. The number of benzene rings is 2. The lowest BCUT2D eigenvalue weighted by atomic mass is 9.74. The third-order valence-electron chi connectivity index (χ3n) is 8.14. The molecule has 5 atom stereocenters. The van der Waals surface area contributed by atoms with E-state index in [1.807, 2.05) is 73.7 Å². The summed E-state index contributed by atoms with van der Waals surface area (Å²) in [6.07, 6.45) is 7.42. The first kappa shape index (κ1) is 22.9. The number of rotatable bonds is 3. The third kappa shape index (κ3) is 3.04. The Bertz CT molecular complexity index is 1340. The summed E-state index contributed by atoms with van der Waals surface area (Å²) in [6, 6.07) is 12.8. The van der Waals surface area contributed by atoms with Crippen molar-refractivity contribution in [3.8, 4) is 0 Å². The Morgan fingerprint density at radius 3 is 2.47 bits per heavy atom. The average Bonchev–Trinajstić information content (AvgIpc) is 3.13. The van der Waals surface area contributed by atoms with E-state index in [-0.39, 0.29) is 30.9 Å². The van der Waals surface area contributed by atoms with E-state index in [0.29, 0.717) is 13.1 Å². The SMILES string of the molecule is CN1CC=C[C@]2(C)O[C@]34C=CCN(c5ccc6ccccc6c5)C(=O)C3N(CCO)C(=O)[C@@H]4[C@@H]2C1=O. The number of carbonyl (C=O) groups excluding carboxylic acids is 3. The van der Waals surface area contributed by atoms with Crippen LogP contribution < -0.4 is 4.90 Å². The van der Waals surface area contributed by atoms with Crippen molar-refractivity contribution in [2.45, 2.75) is 24.2 Å². The molecule has 4 aliphatic rings. The number of likely N-dealkylation sites (tertiary alicyclic amines) is 1. The van der Waals surface area contributed by atoms with Crippen molar-refractivity contribution in [3.63, 3.8) is 0 Å². The molecular formula is C28H29N3O5. The lowest BCUT2D eigenvalue weighted by molar-refractivity contribution is -0.148. The molecule has 36 heavy (non-hydrogen) atoms. The molecular weight excluding hydrogens is 458 g/mol. The molecule has 3 amide bonds. The van der Waals surface area contributed by atoms with Crippen molar-refractivity contribution in [1.82, 2.24) is 9.80 Å². The van der Waals surface area contributed by atoms with Crippen LogP contribution >= 0.6 is 0 Å². The van der Waals surface area contributed by atoms with Crippen LogP contribution in [-0.4, -0.2) is 83.2 Å². The van der Waals surface area contributed by atoms with Gasteiger partial charge in [-0.3, -0.25) is 14.4 Å². The van der Waals surface area contributed by atoms with Gasteiger partial charge in [0.05, 0.1) is 24.0 Å². The van der Waals surface area contributed by atoms with Crippen molar-refractivity contribution in [3.05, 3.63) is 66.8 Å². The predicted molar refractivity (Wildman–Crippen MR) is 134 cm³/mol. The zero-order valence-corrected chi connectivity index (χ0v) is 20.3. The minimum atomic E-state index is -1.31. The van der Waals surface area contributed by atoms with Gasteiger partial charge >= 0.3 is 0 Å². The van der Waals surface area contributed by atoms with E-state index in [9.17, 15) is 19.5 Å². The fourth-order valence-corrected chi connectivity index (χ4v) is 6.57. The number of anilines is 1. The van der Waals surface area contributed by atoms with Crippen LogP contribution in [-0.2, 0) is 19.1 Å². The van der Waals surface area contributed by atoms with Crippen LogP contribution in [0.15, 0.2) is 66.8 Å². The Morgan fingerprint density at radius 1 is 0.944 bits per heavy atom. The van der Waals surface area contributed by atoms with Crippen LogP contribution in [0.25, 0.3) is 10.8 Å². The van der Waals surface area contributed by atoms with Gasteiger partial charge in [0, 0.05) is 32.4 Å². The van der Waals surface area contributed by atoms with Crippen LogP contribution in [0.3, 0.4) is 0 Å². The van der Waals surface area contributed by atoms with Crippen molar-refractivity contribution in [2.24, 2.45) is 11.8 Å². The molecule has 2 saturated heterocycles. The van der Waals surface area contributed by atoms with Crippen molar-refractivity contribution < 1.29 is 24.2 Å². The van der Waals surface area contributed by atoms with E-state index in [4.69, 9.17) is 4.74 Å². The maximum absolute atomic E-state index is 14.3. The number of amides is 3. The van der Waals surface area contributed by atoms with Crippen molar-refractivity contribution >= 4 is 34.2 Å². The van der Waals surface area contributed by atoms with Crippen LogP contribution in [0.1, 0.15) is 6.92 Å². The van der Waals surface area contributed by atoms with Crippen molar-refractivity contribution in [1.29, 1.82) is 0 Å². The zero-order valence-electron chi connectivity index (χ0n) is 20.3. The lowest BCUT2D eigenvalue weighted by Crippen LogP contribution is -2.56. The number of nitrogens with zero attached hydrogens (tertiary/aromatic N) is 3. The predicted octanol–water partition coefficient (Wildman–Crippen LogP) is 1.73. The molecule has 4 aliphatic heterocycles. The second-order valence-electron chi connectivity index (χ2n) is 10.3. The minimum absolute atomic E-state index is 0.0143. The quantitative estimate of drug-likeness (QED) is 0.666. The molecule has 0 saturated carbocycles. The smallest absolute Gasteiger partial charge is 0.253 e. The maximum atomic E-state index is 14.3. The highest BCUT2D eigenvalue weighted by molar-refractivity contribution is 6.06. The Morgan fingerprint density at radius 2 is 1.69 bits per heavy atom. The van der Waals surface area contributed by atoms with E-state index in [2.05, 4.69) is 0 Å². The Labute approximate surface area is 209 Å². The summed E-state index contributed by atoms with van der Waals surface area (Å²) in [5, 5.41) is 11.9. The van der Waals surface area contributed by atoms with Gasteiger partial charge in [-0.25, -0.2) is 0 Å². The fourth-order valence-electron chi connectivity index (χ4n) is 6.57. The molecule has 2 fully saturated rings. The molecule has 1 N–H and O–H groups in total. The molecule has 0 bridgehead atoms. The maximum Gasteiger partial charge on any atom is 0.253 e. The summed E-state index contributed by atoms with van der Waals surface area (Å²) in [6.45, 7) is 2.24. The van der Waals surface area contributed by atoms with Gasteiger partial charge in [-0.15, -0.1) is 0 Å². The molecule has 2 aromatic rings. The highest BCUT2D eigenvalue weighted by Gasteiger charge is 2.74. The van der Waals surface area contributed by atoms with Crippen LogP contribution in [0.4, 0.5) is 5.69 Å². The van der Waals surface area contributed by atoms with E-state index >= 15 is 0 Å². The largest absolute Gasteiger partial charge is 0.395 e. The van der Waals surface area contributed by atoms with Crippen LogP contribution in [0, 0.1) is 11.8 Å². The van der Waals surface area contributed by atoms with Gasteiger partial charge in [-0.05, 0) is 29.8 Å². The number of carbonyl (C=O) groups is 3. The molecule has 0 radical (unpaired) electrons. The highest BCUT2D eigenvalue weighted by atomic mass is 16.5. The molecule has 8 nitrogen and oxygen atoms in total. The number of hydrogen-bond donors (Lipinski definition) is 1. The molecule has 8 heteroatoms. The lowest BCUT2D eigenvalue weighted by Gasteiger charge is -2.37. The van der Waals surface area contributed by atoms with Crippen molar-refractivity contribution in [2.75, 3.05) is 38.2 Å². The molecule has 0 aromatic heterocycles. The molecule has 1 unspecified atom stereocenters. The summed E-state index contributed by atoms with van der Waals surface area (Å²) in [7, 11) is 1.71. The summed E-state index contributed by atoms with van der Waals surface area (Å²) < 4.78 is 6.71. The minimum Gasteiger partial charge on any atom is -0.395 e. The number of β-amino-alcohol motifs (C(OH)–C–C–N with tert-alkyl or cyclic N) is 1. The zero-order chi connectivity index (χ0) is 25.2. The number of likely N-dealkylation sites (N-methyl/N-ethyl adjacent to an activating group) is 1. The summed E-state index contributed by atoms with van der Waals surface area (Å²) in [4.78, 5) is 46.3.